The fourth-order valence-electron chi connectivity index (χ4n) is 3.18. The Bertz CT molecular complexity index is 1120. The predicted octanol–water partition coefficient (Wildman–Crippen LogP) is 4.92. The molecule has 0 spiro atoms. The zero-order valence-corrected chi connectivity index (χ0v) is 20.0. The van der Waals surface area contributed by atoms with Gasteiger partial charge in [-0.15, -0.1) is 31.7 Å². The molecule has 0 fully saturated rings. The molecule has 0 atom stereocenters. The molecule has 0 saturated carbocycles. The second-order valence-electron chi connectivity index (χ2n) is 7.50. The van der Waals surface area contributed by atoms with Gasteiger partial charge in [-0.2, -0.15) is 0 Å². The van der Waals surface area contributed by atoms with Crippen molar-refractivity contribution in [3.63, 3.8) is 0 Å². The fraction of sp³-hybridized carbons (Fsp3) is 0.250. The van der Waals surface area contributed by atoms with E-state index in [1.165, 1.54) is 22.7 Å². The summed E-state index contributed by atoms with van der Waals surface area (Å²) in [7, 11) is 0. The highest BCUT2D eigenvalue weighted by atomic mass is 32.1. The molecular weight excluding hydrogens is 470 g/mol. The maximum Gasteiger partial charge on any atom is 0.418 e. The van der Waals surface area contributed by atoms with Gasteiger partial charge < -0.3 is 4.74 Å². The van der Waals surface area contributed by atoms with Crippen LogP contribution in [0.2, 0.25) is 0 Å². The van der Waals surface area contributed by atoms with Crippen LogP contribution in [0.3, 0.4) is 0 Å². The summed E-state index contributed by atoms with van der Waals surface area (Å²) in [6, 6.07) is 18.6. The van der Waals surface area contributed by atoms with E-state index in [0.29, 0.717) is 23.7 Å². The third-order valence-electron chi connectivity index (χ3n) is 4.76. The average Bonchev–Trinajstić information content (AvgIpc) is 3.47. The maximum atomic E-state index is 12.3. The second kappa shape index (κ2) is 12.1. The van der Waals surface area contributed by atoms with Crippen molar-refractivity contribution in [2.75, 3.05) is 5.32 Å². The molecule has 0 aliphatic rings. The van der Waals surface area contributed by atoms with Crippen LogP contribution in [0.4, 0.5) is 9.93 Å². The third-order valence-corrected chi connectivity index (χ3v) is 6.64. The molecule has 4 aromatic rings. The van der Waals surface area contributed by atoms with Crippen molar-refractivity contribution < 1.29 is 14.3 Å². The van der Waals surface area contributed by atoms with Crippen LogP contribution in [0.25, 0.3) is 0 Å². The molecule has 0 bridgehead atoms. The number of aromatic nitrogens is 4. The number of unbranched alkanes of at least 4 members (excludes halogenated alkanes) is 1. The van der Waals surface area contributed by atoms with Crippen molar-refractivity contribution in [1.82, 2.24) is 20.4 Å². The zero-order chi connectivity index (χ0) is 23.6. The SMILES string of the molecule is O=C(Cc1ccccc1)Cc1nnc(CCCCc2nnc(NC(=O)Oc3ccccc3)s2)s1. The standard InChI is InChI=1S/C24H23N5O3S2/c30-18(15-17-9-3-1-4-10-17)16-22-28-26-20(33-22)13-7-8-14-21-27-29-23(34-21)25-24(31)32-19-11-5-2-6-12-19/h1-6,9-12H,7-8,13-16H2,(H,25,29,31). The second-order valence-corrected chi connectivity index (χ2v) is 9.71. The van der Waals surface area contributed by atoms with Gasteiger partial charge in [-0.3, -0.25) is 10.1 Å². The van der Waals surface area contributed by atoms with E-state index in [2.05, 4.69) is 25.7 Å². The number of benzene rings is 2. The molecule has 1 N–H and O–H groups in total. The molecule has 2 heterocycles. The molecule has 2 aromatic carbocycles. The van der Waals surface area contributed by atoms with Crippen molar-refractivity contribution >= 4 is 39.7 Å². The number of nitrogens with zero attached hydrogens (tertiary/aromatic N) is 4. The molecule has 10 heteroatoms. The molecule has 0 aliphatic carbocycles. The number of carbonyl (C=O) groups excluding carboxylic acids is 2. The van der Waals surface area contributed by atoms with Gasteiger partial charge in [-0.1, -0.05) is 59.9 Å². The highest BCUT2D eigenvalue weighted by Gasteiger charge is 2.12. The Kier molecular flexibility index (Phi) is 8.42. The Balaban J connectivity index is 1.15. The minimum absolute atomic E-state index is 0.141. The van der Waals surface area contributed by atoms with Crippen LogP contribution in [-0.2, 0) is 30.5 Å². The van der Waals surface area contributed by atoms with Crippen molar-refractivity contribution in [3.8, 4) is 5.75 Å². The number of Topliss-reactive ketones (excluding diaryl/α,β-unsaturated/α-hetero) is 1. The number of hydrogen-bond acceptors (Lipinski definition) is 9. The van der Waals surface area contributed by atoms with Gasteiger partial charge in [0.15, 0.2) is 0 Å². The summed E-state index contributed by atoms with van der Waals surface area (Å²) in [5.74, 6) is 0.604. The first kappa shape index (κ1) is 23.7. The highest BCUT2D eigenvalue weighted by molar-refractivity contribution is 7.15. The summed E-state index contributed by atoms with van der Waals surface area (Å²) >= 11 is 2.83. The quantitative estimate of drug-likeness (QED) is 0.296. The smallest absolute Gasteiger partial charge is 0.410 e. The molecule has 0 saturated heterocycles. The van der Waals surface area contributed by atoms with Crippen LogP contribution < -0.4 is 10.1 Å². The lowest BCUT2D eigenvalue weighted by Gasteiger charge is -2.02. The number of hydrogen-bond donors (Lipinski definition) is 1. The monoisotopic (exact) mass is 493 g/mol. The van der Waals surface area contributed by atoms with Crippen LogP contribution in [-0.4, -0.2) is 32.3 Å². The lowest BCUT2D eigenvalue weighted by molar-refractivity contribution is -0.117. The van der Waals surface area contributed by atoms with Crippen LogP contribution >= 0.6 is 22.7 Å². The average molecular weight is 494 g/mol. The van der Waals surface area contributed by atoms with Gasteiger partial charge >= 0.3 is 6.09 Å². The predicted molar refractivity (Wildman–Crippen MR) is 131 cm³/mol. The lowest BCUT2D eigenvalue weighted by Crippen LogP contribution is -2.16. The van der Waals surface area contributed by atoms with E-state index in [-0.39, 0.29) is 5.78 Å². The van der Waals surface area contributed by atoms with Crippen LogP contribution in [0.15, 0.2) is 60.7 Å². The Morgan fingerprint density at radius 3 is 2.09 bits per heavy atom. The normalized spacial score (nSPS) is 10.7. The molecule has 0 aliphatic heterocycles. The molecule has 8 nitrogen and oxygen atoms in total. The molecule has 1 amide bonds. The van der Waals surface area contributed by atoms with E-state index in [0.717, 1.165) is 46.3 Å². The number of rotatable bonds is 11. The third kappa shape index (κ3) is 7.53. The minimum Gasteiger partial charge on any atom is -0.410 e. The van der Waals surface area contributed by atoms with Crippen LogP contribution in [0, 0.1) is 0 Å². The summed E-state index contributed by atoms with van der Waals surface area (Å²) in [6.45, 7) is 0. The number of nitrogens with one attached hydrogen (secondary N) is 1. The summed E-state index contributed by atoms with van der Waals surface area (Å²) in [5, 5.41) is 22.1. The maximum absolute atomic E-state index is 12.3. The van der Waals surface area contributed by atoms with E-state index < -0.39 is 6.09 Å². The van der Waals surface area contributed by atoms with E-state index >= 15 is 0 Å². The number of anilines is 1. The van der Waals surface area contributed by atoms with Crippen molar-refractivity contribution in [2.24, 2.45) is 0 Å². The molecule has 34 heavy (non-hydrogen) atoms. The van der Waals surface area contributed by atoms with Gasteiger partial charge in [0.2, 0.25) is 5.13 Å². The summed E-state index contributed by atoms with van der Waals surface area (Å²) in [6.07, 6.45) is 3.53. The number of para-hydroxylation sites is 1. The number of aryl methyl sites for hydroxylation is 2. The van der Waals surface area contributed by atoms with Crippen LogP contribution in [0.5, 0.6) is 5.75 Å². The van der Waals surface area contributed by atoms with Crippen molar-refractivity contribution in [3.05, 3.63) is 81.2 Å². The van der Waals surface area contributed by atoms with E-state index in [1.807, 2.05) is 36.4 Å². The topological polar surface area (TPSA) is 107 Å². The summed E-state index contributed by atoms with van der Waals surface area (Å²) < 4.78 is 5.19. The number of amides is 1. The summed E-state index contributed by atoms with van der Waals surface area (Å²) in [4.78, 5) is 24.2. The Morgan fingerprint density at radius 2 is 1.35 bits per heavy atom. The van der Waals surface area contributed by atoms with Crippen LogP contribution in [0.1, 0.15) is 33.4 Å². The number of carbonyl (C=O) groups is 2. The zero-order valence-electron chi connectivity index (χ0n) is 18.3. The van der Waals surface area contributed by atoms with Gasteiger partial charge in [-0.25, -0.2) is 4.79 Å². The van der Waals surface area contributed by atoms with E-state index in [9.17, 15) is 9.59 Å². The first-order chi connectivity index (χ1) is 16.6. The first-order valence-corrected chi connectivity index (χ1v) is 12.5. The molecule has 0 radical (unpaired) electrons. The van der Waals surface area contributed by atoms with Gasteiger partial charge in [-0.05, 0) is 30.5 Å². The molecule has 174 valence electrons. The minimum atomic E-state index is -0.594. The Morgan fingerprint density at radius 1 is 0.735 bits per heavy atom. The van der Waals surface area contributed by atoms with Gasteiger partial charge in [0.25, 0.3) is 0 Å². The van der Waals surface area contributed by atoms with E-state index in [4.69, 9.17) is 4.74 Å². The Labute approximate surface area is 205 Å². The molecule has 4 rings (SSSR count). The summed E-state index contributed by atoms with van der Waals surface area (Å²) in [5.41, 5.74) is 1.01. The largest absolute Gasteiger partial charge is 0.418 e. The van der Waals surface area contributed by atoms with Gasteiger partial charge in [0.05, 0.1) is 6.42 Å². The molecule has 0 unspecified atom stereocenters. The lowest BCUT2D eigenvalue weighted by atomic mass is 10.1. The fourth-order valence-corrected chi connectivity index (χ4v) is 4.86. The van der Waals surface area contributed by atoms with Crippen molar-refractivity contribution in [1.29, 1.82) is 0 Å². The Hall–Kier alpha value is -3.50. The highest BCUT2D eigenvalue weighted by Crippen LogP contribution is 2.20. The number of ketones is 1. The number of ether oxygens (including phenoxy) is 1. The van der Waals surface area contributed by atoms with E-state index in [1.54, 1.807) is 24.3 Å². The van der Waals surface area contributed by atoms with Gasteiger partial charge in [0, 0.05) is 19.3 Å². The van der Waals surface area contributed by atoms with Crippen molar-refractivity contribution in [2.45, 2.75) is 38.5 Å². The first-order valence-electron chi connectivity index (χ1n) is 10.9. The molecular formula is C24H23N5O3S2. The van der Waals surface area contributed by atoms with Gasteiger partial charge in [0.1, 0.15) is 26.6 Å². The molecule has 2 aromatic heterocycles.